The molecule has 2 aliphatic rings. The van der Waals surface area contributed by atoms with Crippen LogP contribution >= 0.6 is 11.8 Å². The summed E-state index contributed by atoms with van der Waals surface area (Å²) in [7, 11) is 3.04. The summed E-state index contributed by atoms with van der Waals surface area (Å²) >= 11 is 1.32. The molecule has 13 heteroatoms. The van der Waals surface area contributed by atoms with Crippen LogP contribution in [0.15, 0.2) is 84.2 Å². The normalized spacial score (nSPS) is 14.9. The summed E-state index contributed by atoms with van der Waals surface area (Å²) in [4.78, 5) is 23.5. The maximum atomic E-state index is 13.6. The van der Waals surface area contributed by atoms with Crippen LogP contribution in [0.3, 0.4) is 0 Å². The number of aromatic amines is 1. The quantitative estimate of drug-likeness (QED) is 0.128. The first-order chi connectivity index (χ1) is 23.1. The molecule has 9 nitrogen and oxygen atoms in total. The Morgan fingerprint density at radius 3 is 2.48 bits per heavy atom. The lowest BCUT2D eigenvalue weighted by molar-refractivity contribution is -0.137. The third kappa shape index (κ3) is 5.89. The Balaban J connectivity index is 1.16. The molecule has 3 N–H and O–H groups in total. The van der Waals surface area contributed by atoms with Crippen LogP contribution in [-0.2, 0) is 11.9 Å². The third-order valence-electron chi connectivity index (χ3n) is 8.56. The van der Waals surface area contributed by atoms with Crippen molar-refractivity contribution < 1.29 is 27.4 Å². The van der Waals surface area contributed by atoms with Crippen molar-refractivity contribution in [2.24, 2.45) is 0 Å². The van der Waals surface area contributed by atoms with Crippen molar-refractivity contribution >= 4 is 45.0 Å². The number of fused-ring (bicyclic) bond motifs is 2. The number of hydrogen-bond acceptors (Lipinski definition) is 7. The summed E-state index contributed by atoms with van der Waals surface area (Å²) in [5, 5.41) is 14.4. The second-order valence-corrected chi connectivity index (χ2v) is 12.5. The largest absolute Gasteiger partial charge is 0.493 e. The van der Waals surface area contributed by atoms with Gasteiger partial charge in [-0.15, -0.1) is 0 Å². The Kier molecular flexibility index (Phi) is 8.15. The molecule has 48 heavy (non-hydrogen) atoms. The first kappa shape index (κ1) is 31.4. The average molecular weight is 673 g/mol. The summed E-state index contributed by atoms with van der Waals surface area (Å²) in [6.07, 6.45) is 1.68. The number of dihydropyridines is 1. The fourth-order valence-corrected chi connectivity index (χ4v) is 6.97. The molecule has 0 saturated carbocycles. The molecule has 0 spiro atoms. The van der Waals surface area contributed by atoms with Gasteiger partial charge in [-0.05, 0) is 47.0 Å². The van der Waals surface area contributed by atoms with Gasteiger partial charge >= 0.3 is 6.18 Å². The van der Waals surface area contributed by atoms with Crippen LogP contribution in [0.4, 0.5) is 13.2 Å². The molecular weight excluding hydrogens is 641 g/mol. The van der Waals surface area contributed by atoms with Gasteiger partial charge in [-0.2, -0.15) is 13.2 Å². The number of aromatic nitrogens is 3. The van der Waals surface area contributed by atoms with Gasteiger partial charge in [-0.1, -0.05) is 48.2 Å². The van der Waals surface area contributed by atoms with Gasteiger partial charge in [0.15, 0.2) is 16.7 Å². The van der Waals surface area contributed by atoms with E-state index in [4.69, 9.17) is 14.5 Å². The van der Waals surface area contributed by atoms with E-state index in [9.17, 15) is 23.4 Å². The van der Waals surface area contributed by atoms with Crippen molar-refractivity contribution in [3.05, 3.63) is 107 Å². The number of methoxy groups -OCH3 is 2. The van der Waals surface area contributed by atoms with Gasteiger partial charge in [0.05, 0.1) is 31.3 Å². The first-order valence-corrected chi connectivity index (χ1v) is 16.2. The molecule has 4 heterocycles. The summed E-state index contributed by atoms with van der Waals surface area (Å²) in [6, 6.07) is 16.1. The summed E-state index contributed by atoms with van der Waals surface area (Å²) < 4.78 is 52.1. The SMILES string of the molecule is COc1cc2nc(SCc3ccc(C(F)(F)F)cc3)n(C3CN(C(=O)c4cc5ccc(C6=CNCC=C6)cc5[nH]4)C3)c(=N)c2cc1OC. The fourth-order valence-electron chi connectivity index (χ4n) is 5.94. The zero-order valence-corrected chi connectivity index (χ0v) is 26.8. The minimum atomic E-state index is -4.42. The van der Waals surface area contributed by atoms with Crippen molar-refractivity contribution in [1.29, 1.82) is 5.41 Å². The van der Waals surface area contributed by atoms with Crippen molar-refractivity contribution in [2.45, 2.75) is 23.1 Å². The lowest BCUT2D eigenvalue weighted by atomic mass is 10.0. The van der Waals surface area contributed by atoms with E-state index >= 15 is 0 Å². The molecule has 5 aromatic rings. The van der Waals surface area contributed by atoms with Gasteiger partial charge in [0.25, 0.3) is 5.91 Å². The van der Waals surface area contributed by atoms with Gasteiger partial charge in [-0.3, -0.25) is 14.8 Å². The maximum absolute atomic E-state index is 13.6. The van der Waals surface area contributed by atoms with Crippen molar-refractivity contribution in [2.75, 3.05) is 33.9 Å². The Morgan fingerprint density at radius 2 is 1.79 bits per heavy atom. The average Bonchev–Trinajstić information content (AvgIpc) is 3.51. The highest BCUT2D eigenvalue weighted by atomic mass is 32.2. The number of nitrogens with zero attached hydrogens (tertiary/aromatic N) is 3. The molecule has 2 aromatic heterocycles. The summed E-state index contributed by atoms with van der Waals surface area (Å²) in [5.41, 5.74) is 4.11. The molecule has 0 bridgehead atoms. The van der Waals surface area contributed by atoms with Gasteiger partial charge in [0.2, 0.25) is 0 Å². The molecule has 7 rings (SSSR count). The van der Waals surface area contributed by atoms with E-state index in [-0.39, 0.29) is 17.4 Å². The Bertz CT molecular complexity index is 2170. The van der Waals surface area contributed by atoms with E-state index in [0.717, 1.165) is 40.7 Å². The van der Waals surface area contributed by atoms with E-state index in [1.54, 1.807) is 21.6 Å². The summed E-state index contributed by atoms with van der Waals surface area (Å²) in [6.45, 7) is 1.50. The van der Waals surface area contributed by atoms with Crippen LogP contribution in [0, 0.1) is 5.41 Å². The topological polar surface area (TPSA) is 108 Å². The van der Waals surface area contributed by atoms with Gasteiger partial charge in [-0.25, -0.2) is 4.98 Å². The van der Waals surface area contributed by atoms with Crippen LogP contribution in [-0.4, -0.2) is 59.2 Å². The van der Waals surface area contributed by atoms with Gasteiger partial charge < -0.3 is 24.7 Å². The lowest BCUT2D eigenvalue weighted by Gasteiger charge is -2.41. The van der Waals surface area contributed by atoms with Crippen molar-refractivity contribution in [3.8, 4) is 11.5 Å². The van der Waals surface area contributed by atoms with E-state index < -0.39 is 11.7 Å². The standard InChI is InChI=1S/C35H31F3N6O3S/c1-46-30-14-26-28(15-31(30)47-2)42-34(48-19-20-5-9-24(10-6-20)35(36,37)38)44(32(26)39)25-17-43(18-25)33(45)29-13-22-8-7-21(12-27(22)41-29)23-4-3-11-40-16-23/h3-10,12-16,25,39-41H,11,17-19H2,1-2H3. The third-order valence-corrected chi connectivity index (χ3v) is 9.58. The monoisotopic (exact) mass is 672 g/mol. The molecule has 1 fully saturated rings. The number of allylic oxidation sites excluding steroid dienone is 2. The maximum Gasteiger partial charge on any atom is 0.416 e. The number of halogens is 3. The molecule has 1 saturated heterocycles. The number of rotatable bonds is 8. The molecule has 1 amide bonds. The lowest BCUT2D eigenvalue weighted by Crippen LogP contribution is -2.53. The second-order valence-electron chi connectivity index (χ2n) is 11.6. The molecule has 0 aliphatic carbocycles. The first-order valence-electron chi connectivity index (χ1n) is 15.2. The number of thioether (sulfide) groups is 1. The second kappa shape index (κ2) is 12.5. The number of benzene rings is 3. The molecule has 0 unspecified atom stereocenters. The Hall–Kier alpha value is -5.17. The highest BCUT2D eigenvalue weighted by molar-refractivity contribution is 7.98. The minimum absolute atomic E-state index is 0.145. The number of hydrogen-bond donors (Lipinski definition) is 3. The number of nitrogens with one attached hydrogen (secondary N) is 3. The van der Waals surface area contributed by atoms with E-state index in [0.29, 0.717) is 57.7 Å². The van der Waals surface area contributed by atoms with Crippen LogP contribution in [0.5, 0.6) is 11.5 Å². The molecule has 2 aliphatic heterocycles. The van der Waals surface area contributed by atoms with E-state index in [1.807, 2.05) is 30.5 Å². The van der Waals surface area contributed by atoms with Crippen LogP contribution in [0.1, 0.15) is 33.2 Å². The number of likely N-dealkylation sites (tertiary alicyclic amines) is 1. The minimum Gasteiger partial charge on any atom is -0.493 e. The Labute approximate surface area is 277 Å². The van der Waals surface area contributed by atoms with Crippen molar-refractivity contribution in [3.63, 3.8) is 0 Å². The molecular formula is C35H31F3N6O3S. The number of alkyl halides is 3. The number of carbonyl (C=O) groups is 1. The van der Waals surface area contributed by atoms with E-state index in [2.05, 4.69) is 22.5 Å². The van der Waals surface area contributed by atoms with Crippen molar-refractivity contribution in [1.82, 2.24) is 24.8 Å². The van der Waals surface area contributed by atoms with Crippen LogP contribution in [0.25, 0.3) is 27.4 Å². The molecule has 0 atom stereocenters. The van der Waals surface area contributed by atoms with Crippen LogP contribution in [0.2, 0.25) is 0 Å². The highest BCUT2D eigenvalue weighted by Gasteiger charge is 2.35. The van der Waals surface area contributed by atoms with E-state index in [1.165, 1.54) is 38.1 Å². The van der Waals surface area contributed by atoms with Gasteiger partial charge in [0, 0.05) is 53.9 Å². The predicted molar refractivity (Wildman–Crippen MR) is 178 cm³/mol. The number of H-pyrrole nitrogens is 1. The zero-order valence-electron chi connectivity index (χ0n) is 26.0. The van der Waals surface area contributed by atoms with Gasteiger partial charge in [0.1, 0.15) is 11.2 Å². The molecule has 0 radical (unpaired) electrons. The number of amides is 1. The molecule has 3 aromatic carbocycles. The summed E-state index contributed by atoms with van der Waals surface area (Å²) in [5.74, 6) is 1.10. The smallest absolute Gasteiger partial charge is 0.416 e. The fraction of sp³-hybridized carbons (Fsp3) is 0.229. The Morgan fingerprint density at radius 1 is 1.04 bits per heavy atom. The van der Waals surface area contributed by atoms with Crippen LogP contribution < -0.4 is 20.3 Å². The predicted octanol–water partition coefficient (Wildman–Crippen LogP) is 6.52. The number of ether oxygens (including phenoxy) is 2. The highest BCUT2D eigenvalue weighted by Crippen LogP contribution is 2.35. The zero-order chi connectivity index (χ0) is 33.6. The molecule has 246 valence electrons. The number of carbonyl (C=O) groups excluding carboxylic acids is 1.